The minimum absolute atomic E-state index is 0.0503. The zero-order valence-corrected chi connectivity index (χ0v) is 32.1. The molecular formula is C44H45F5N4O2S. The lowest BCUT2D eigenvalue weighted by Gasteiger charge is -2.39. The summed E-state index contributed by atoms with van der Waals surface area (Å²) in [5.41, 5.74) is 2.08. The number of hydrogen-bond donors (Lipinski definition) is 0. The Hall–Kier alpha value is -4.52. The van der Waals surface area contributed by atoms with Gasteiger partial charge >= 0.3 is 6.18 Å². The Kier molecular flexibility index (Phi) is 12.3. The number of aromatic nitrogens is 1. The molecule has 1 amide bonds. The highest BCUT2D eigenvalue weighted by molar-refractivity contribution is 7.98. The predicted molar refractivity (Wildman–Crippen MR) is 211 cm³/mol. The van der Waals surface area contributed by atoms with Gasteiger partial charge in [-0.2, -0.15) is 13.2 Å². The second-order valence-corrected chi connectivity index (χ2v) is 15.9. The number of thioether (sulfide) groups is 1. The Balaban J connectivity index is 1.14. The van der Waals surface area contributed by atoms with Crippen LogP contribution in [0.4, 0.5) is 22.0 Å². The maximum absolute atomic E-state index is 14.7. The number of piperidine rings is 1. The van der Waals surface area contributed by atoms with E-state index in [4.69, 9.17) is 0 Å². The quantitative estimate of drug-likeness (QED) is 0.0933. The molecule has 0 spiro atoms. The van der Waals surface area contributed by atoms with Gasteiger partial charge in [0, 0.05) is 54.5 Å². The van der Waals surface area contributed by atoms with Gasteiger partial charge in [-0.05, 0) is 99.3 Å². The van der Waals surface area contributed by atoms with Gasteiger partial charge in [0.1, 0.15) is 6.54 Å². The molecule has 1 atom stereocenters. The normalized spacial score (nSPS) is 17.1. The van der Waals surface area contributed by atoms with Gasteiger partial charge in [-0.15, -0.1) is 11.8 Å². The molecule has 6 nitrogen and oxygen atoms in total. The topological polar surface area (TPSA) is 48.8 Å². The van der Waals surface area contributed by atoms with E-state index >= 15 is 0 Å². The maximum atomic E-state index is 14.7. The number of likely N-dealkylation sites (tertiary alicyclic amines) is 2. The third-order valence-corrected chi connectivity index (χ3v) is 12.4. The Morgan fingerprint density at radius 2 is 1.55 bits per heavy atom. The lowest BCUT2D eigenvalue weighted by molar-refractivity contribution is -0.137. The van der Waals surface area contributed by atoms with Gasteiger partial charge in [0.15, 0.2) is 17.1 Å². The second kappa shape index (κ2) is 17.3. The first-order valence-electron chi connectivity index (χ1n) is 19.1. The largest absolute Gasteiger partial charge is 0.416 e. The van der Waals surface area contributed by atoms with Crippen LogP contribution in [0.15, 0.2) is 107 Å². The Labute approximate surface area is 327 Å². The van der Waals surface area contributed by atoms with Gasteiger partial charge < -0.3 is 19.3 Å². The first-order chi connectivity index (χ1) is 26.9. The van der Waals surface area contributed by atoms with E-state index < -0.39 is 23.4 Å². The SMILES string of the molecule is CN1CCCC1CCN1CCC(N(Cc2ccc(-c3ccc(C(F)(F)F)cc3)cc2)C(=O)Cn2c(SCc3cccc(F)c3F)cc(=O)c3ccccc32)CC1. The fourth-order valence-corrected chi connectivity index (χ4v) is 9.06. The highest BCUT2D eigenvalue weighted by Gasteiger charge is 2.31. The zero-order valence-electron chi connectivity index (χ0n) is 31.3. The fourth-order valence-electron chi connectivity index (χ4n) is 8.03. The molecule has 3 heterocycles. The Morgan fingerprint density at radius 1 is 0.857 bits per heavy atom. The number of nitrogens with zero attached hydrogens (tertiary/aromatic N) is 4. The molecule has 1 unspecified atom stereocenters. The molecule has 56 heavy (non-hydrogen) atoms. The van der Waals surface area contributed by atoms with Gasteiger partial charge in [0.05, 0.1) is 16.1 Å². The van der Waals surface area contributed by atoms with Gasteiger partial charge in [-0.25, -0.2) is 8.78 Å². The summed E-state index contributed by atoms with van der Waals surface area (Å²) >= 11 is 1.18. The number of pyridine rings is 1. The van der Waals surface area contributed by atoms with E-state index in [1.54, 1.807) is 28.8 Å². The molecule has 2 aliphatic heterocycles. The van der Waals surface area contributed by atoms with Crippen LogP contribution in [0.3, 0.4) is 0 Å². The lowest BCUT2D eigenvalue weighted by Crippen LogP contribution is -2.48. The van der Waals surface area contributed by atoms with Crippen molar-refractivity contribution < 1.29 is 26.7 Å². The van der Waals surface area contributed by atoms with Crippen LogP contribution in [0.5, 0.6) is 0 Å². The number of fused-ring (bicyclic) bond motifs is 1. The number of benzene rings is 4. The number of hydrogen-bond acceptors (Lipinski definition) is 5. The van der Waals surface area contributed by atoms with Gasteiger partial charge in [0.2, 0.25) is 5.91 Å². The van der Waals surface area contributed by atoms with Crippen LogP contribution < -0.4 is 5.43 Å². The first kappa shape index (κ1) is 39.7. The van der Waals surface area contributed by atoms with Gasteiger partial charge in [-0.3, -0.25) is 9.59 Å². The fraction of sp³-hybridized carbons (Fsp3) is 0.364. The van der Waals surface area contributed by atoms with E-state index in [0.717, 1.165) is 74.8 Å². The summed E-state index contributed by atoms with van der Waals surface area (Å²) in [6, 6.07) is 25.7. The Morgan fingerprint density at radius 3 is 2.23 bits per heavy atom. The van der Waals surface area contributed by atoms with Crippen LogP contribution in [-0.2, 0) is 29.8 Å². The van der Waals surface area contributed by atoms with Crippen molar-refractivity contribution in [2.75, 3.05) is 33.2 Å². The molecule has 0 bridgehead atoms. The minimum Gasteiger partial charge on any atom is -0.334 e. The van der Waals surface area contributed by atoms with Gasteiger partial charge in [0.25, 0.3) is 0 Å². The number of para-hydroxylation sites is 1. The van der Waals surface area contributed by atoms with Crippen molar-refractivity contribution in [2.45, 2.75) is 74.2 Å². The predicted octanol–water partition coefficient (Wildman–Crippen LogP) is 9.24. The van der Waals surface area contributed by atoms with Gasteiger partial charge in [-0.1, -0.05) is 60.7 Å². The van der Waals surface area contributed by atoms with E-state index in [9.17, 15) is 31.5 Å². The van der Waals surface area contributed by atoms with Crippen LogP contribution >= 0.6 is 11.8 Å². The zero-order chi connectivity index (χ0) is 39.4. The molecule has 294 valence electrons. The number of halogens is 5. The van der Waals surface area contributed by atoms with Crippen molar-refractivity contribution in [2.24, 2.45) is 0 Å². The van der Waals surface area contributed by atoms with E-state index in [1.807, 2.05) is 29.2 Å². The molecule has 2 aliphatic rings. The second-order valence-electron chi connectivity index (χ2n) is 14.9. The molecule has 1 aromatic heterocycles. The summed E-state index contributed by atoms with van der Waals surface area (Å²) in [5.74, 6) is -1.98. The summed E-state index contributed by atoms with van der Waals surface area (Å²) in [6.07, 6.45) is 0.751. The number of amides is 1. The van der Waals surface area contributed by atoms with Crippen LogP contribution in [0.2, 0.25) is 0 Å². The lowest BCUT2D eigenvalue weighted by atomic mass is 9.99. The van der Waals surface area contributed by atoms with E-state index in [0.29, 0.717) is 34.1 Å². The molecule has 0 N–H and O–H groups in total. The third kappa shape index (κ3) is 9.19. The molecular weight excluding hydrogens is 744 g/mol. The van der Waals surface area contributed by atoms with E-state index in [-0.39, 0.29) is 35.2 Å². The Bertz CT molecular complexity index is 2200. The van der Waals surface area contributed by atoms with E-state index in [2.05, 4.69) is 16.8 Å². The highest BCUT2D eigenvalue weighted by atomic mass is 32.2. The van der Waals surface area contributed by atoms with Crippen LogP contribution in [0.25, 0.3) is 22.0 Å². The average molecular weight is 789 g/mol. The highest BCUT2D eigenvalue weighted by Crippen LogP contribution is 2.32. The maximum Gasteiger partial charge on any atom is 0.416 e. The number of carbonyl (C=O) groups excluding carboxylic acids is 1. The van der Waals surface area contributed by atoms with Crippen LogP contribution in [0, 0.1) is 11.6 Å². The van der Waals surface area contributed by atoms with Crippen molar-refractivity contribution in [3.63, 3.8) is 0 Å². The molecule has 2 fully saturated rings. The van der Waals surface area contributed by atoms with E-state index in [1.165, 1.54) is 54.9 Å². The van der Waals surface area contributed by atoms with Crippen LogP contribution in [0.1, 0.15) is 48.8 Å². The molecule has 4 aromatic carbocycles. The molecule has 7 rings (SSSR count). The summed E-state index contributed by atoms with van der Waals surface area (Å²) in [7, 11) is 2.19. The van der Waals surface area contributed by atoms with Crippen molar-refractivity contribution in [1.82, 2.24) is 19.3 Å². The van der Waals surface area contributed by atoms with Crippen molar-refractivity contribution in [1.29, 1.82) is 0 Å². The summed E-state index contributed by atoms with van der Waals surface area (Å²) in [5, 5.41) is 0.923. The smallest absolute Gasteiger partial charge is 0.334 e. The van der Waals surface area contributed by atoms with Crippen molar-refractivity contribution >= 4 is 28.6 Å². The summed E-state index contributed by atoms with van der Waals surface area (Å²) < 4.78 is 70.0. The molecule has 12 heteroatoms. The number of alkyl halides is 3. The van der Waals surface area contributed by atoms with Crippen LogP contribution in [-0.4, -0.2) is 70.5 Å². The number of carbonyl (C=O) groups is 1. The third-order valence-electron chi connectivity index (χ3n) is 11.3. The minimum atomic E-state index is -4.42. The van der Waals surface area contributed by atoms with Crippen molar-refractivity contribution in [3.05, 3.63) is 136 Å². The standard InChI is InChI=1S/C44H45F5N4O2S/c1-50-22-5-7-35(50)19-23-51-24-20-36(21-25-51)52(27-30-11-13-31(14-12-30)32-15-17-34(18-16-32)44(47,48)49)41(55)28-53-39-10-3-2-8-37(39)40(54)26-42(53)56-29-33-6-4-9-38(45)43(33)46/h2-4,6,8-18,26,35-36H,5,7,19-25,27-29H2,1H3. The summed E-state index contributed by atoms with van der Waals surface area (Å²) in [6.45, 7) is 4.11. The first-order valence-corrected chi connectivity index (χ1v) is 20.1. The van der Waals surface area contributed by atoms with Crippen molar-refractivity contribution in [3.8, 4) is 11.1 Å². The molecule has 5 aromatic rings. The average Bonchev–Trinajstić information content (AvgIpc) is 3.62. The molecule has 0 aliphatic carbocycles. The summed E-state index contributed by atoms with van der Waals surface area (Å²) in [4.78, 5) is 34.8. The number of rotatable bonds is 12. The molecule has 2 saturated heterocycles. The molecule has 0 radical (unpaired) electrons. The molecule has 0 saturated carbocycles. The monoisotopic (exact) mass is 788 g/mol.